The van der Waals surface area contributed by atoms with E-state index in [0.717, 1.165) is 48.6 Å². The van der Waals surface area contributed by atoms with E-state index < -0.39 is 0 Å². The summed E-state index contributed by atoms with van der Waals surface area (Å²) < 4.78 is 5.74. The van der Waals surface area contributed by atoms with Crippen LogP contribution in [0.1, 0.15) is 41.7 Å². The van der Waals surface area contributed by atoms with E-state index in [0.29, 0.717) is 25.6 Å². The molecule has 1 aromatic carbocycles. The van der Waals surface area contributed by atoms with Crippen LogP contribution in [0, 0.1) is 0 Å². The molecule has 1 aliphatic heterocycles. The molecule has 1 amide bonds. The number of carbonyl (C=O) groups is 1. The zero-order chi connectivity index (χ0) is 17.2. The van der Waals surface area contributed by atoms with E-state index in [1.165, 1.54) is 0 Å². The van der Waals surface area contributed by atoms with Crippen LogP contribution in [-0.2, 0) is 0 Å². The molecule has 2 aromatic rings. The summed E-state index contributed by atoms with van der Waals surface area (Å²) in [5.74, 6) is 1.52. The maximum atomic E-state index is 12.8. The Balaban J connectivity index is 1.43. The maximum Gasteiger partial charge on any atom is 0.257 e. The Labute approximate surface area is 147 Å². The number of aromatic amines is 1. The highest BCUT2D eigenvalue weighted by Gasteiger charge is 2.32. The van der Waals surface area contributed by atoms with Crippen molar-refractivity contribution in [3.05, 3.63) is 41.7 Å². The normalized spacial score (nSPS) is 17.6. The zero-order valence-electron chi connectivity index (χ0n) is 14.6. The summed E-state index contributed by atoms with van der Waals surface area (Å²) in [6.45, 7) is 5.71. The van der Waals surface area contributed by atoms with Crippen LogP contribution in [0.3, 0.4) is 0 Å². The quantitative estimate of drug-likeness (QED) is 0.909. The van der Waals surface area contributed by atoms with Crippen LogP contribution in [0.2, 0.25) is 0 Å². The molecule has 1 aromatic heterocycles. The molecule has 132 valence electrons. The first kappa shape index (κ1) is 16.0. The average Bonchev–Trinajstić information content (AvgIpc) is 3.39. The molecule has 0 atom stereocenters. The van der Waals surface area contributed by atoms with Crippen LogP contribution in [0.5, 0.6) is 5.75 Å². The summed E-state index contributed by atoms with van der Waals surface area (Å²) in [7, 11) is 0. The molecule has 0 spiro atoms. The number of carbonyl (C=O) groups excluding carboxylic acids is 1. The highest BCUT2D eigenvalue weighted by Crippen LogP contribution is 2.40. The van der Waals surface area contributed by atoms with Gasteiger partial charge < -0.3 is 14.5 Å². The van der Waals surface area contributed by atoms with E-state index in [4.69, 9.17) is 4.74 Å². The fraction of sp³-hybridized carbons (Fsp3) is 0.474. The van der Waals surface area contributed by atoms with E-state index >= 15 is 0 Å². The molecule has 25 heavy (non-hydrogen) atoms. The number of nitrogens with zero attached hydrogens (tertiary/aromatic N) is 3. The molecule has 2 aliphatic rings. The number of aromatic nitrogens is 2. The second kappa shape index (κ2) is 6.78. The van der Waals surface area contributed by atoms with E-state index in [9.17, 15) is 4.79 Å². The Morgan fingerprint density at radius 3 is 2.72 bits per heavy atom. The lowest BCUT2D eigenvalue weighted by atomic mass is 10.1. The van der Waals surface area contributed by atoms with Crippen molar-refractivity contribution in [2.24, 2.45) is 0 Å². The summed E-state index contributed by atoms with van der Waals surface area (Å²) in [4.78, 5) is 17.1. The van der Waals surface area contributed by atoms with Crippen LogP contribution >= 0.6 is 0 Å². The number of anilines is 1. The van der Waals surface area contributed by atoms with Crippen LogP contribution < -0.4 is 9.64 Å². The molecule has 0 unspecified atom stereocenters. The van der Waals surface area contributed by atoms with Crippen LogP contribution in [0.15, 0.2) is 30.5 Å². The van der Waals surface area contributed by atoms with Crippen LogP contribution in [0.25, 0.3) is 0 Å². The summed E-state index contributed by atoms with van der Waals surface area (Å²) in [6.07, 6.45) is 4.00. The average molecular weight is 340 g/mol. The number of hydrogen-bond acceptors (Lipinski definition) is 4. The van der Waals surface area contributed by atoms with Crippen molar-refractivity contribution < 1.29 is 9.53 Å². The van der Waals surface area contributed by atoms with Crippen LogP contribution in [0.4, 0.5) is 5.69 Å². The Kier molecular flexibility index (Phi) is 4.34. The Hall–Kier alpha value is -2.50. The lowest BCUT2D eigenvalue weighted by molar-refractivity contribution is 0.0745. The number of nitrogens with one attached hydrogen (secondary N) is 1. The summed E-state index contributed by atoms with van der Waals surface area (Å²) in [5.41, 5.74) is 2.89. The fourth-order valence-corrected chi connectivity index (χ4v) is 3.47. The smallest absolute Gasteiger partial charge is 0.257 e. The van der Waals surface area contributed by atoms with Gasteiger partial charge in [0.15, 0.2) is 0 Å². The molecular weight excluding hydrogens is 316 g/mol. The van der Waals surface area contributed by atoms with Gasteiger partial charge in [0, 0.05) is 32.1 Å². The highest BCUT2D eigenvalue weighted by molar-refractivity contribution is 5.95. The number of ether oxygens (including phenoxy) is 1. The molecule has 2 fully saturated rings. The Morgan fingerprint density at radius 2 is 2.00 bits per heavy atom. The third kappa shape index (κ3) is 3.21. The zero-order valence-corrected chi connectivity index (χ0v) is 14.6. The van der Waals surface area contributed by atoms with Gasteiger partial charge in [-0.2, -0.15) is 5.10 Å². The first-order chi connectivity index (χ1) is 12.3. The predicted octanol–water partition coefficient (Wildman–Crippen LogP) is 2.65. The summed E-state index contributed by atoms with van der Waals surface area (Å²) >= 11 is 0. The number of hydrogen-bond donors (Lipinski definition) is 1. The monoisotopic (exact) mass is 340 g/mol. The molecule has 6 heteroatoms. The number of benzene rings is 1. The Bertz CT molecular complexity index is 745. The largest absolute Gasteiger partial charge is 0.492 e. The lowest BCUT2D eigenvalue weighted by Crippen LogP contribution is -2.49. The molecule has 1 N–H and O–H groups in total. The third-order valence-corrected chi connectivity index (χ3v) is 4.96. The van der Waals surface area contributed by atoms with Gasteiger partial charge in [-0.1, -0.05) is 12.1 Å². The van der Waals surface area contributed by atoms with E-state index in [1.807, 2.05) is 30.0 Å². The van der Waals surface area contributed by atoms with Gasteiger partial charge in [-0.3, -0.25) is 9.89 Å². The predicted molar refractivity (Wildman–Crippen MR) is 96.3 cm³/mol. The molecule has 6 nitrogen and oxygen atoms in total. The second-order valence-corrected chi connectivity index (χ2v) is 6.65. The minimum Gasteiger partial charge on any atom is -0.492 e. The van der Waals surface area contributed by atoms with Crippen molar-refractivity contribution in [1.29, 1.82) is 0 Å². The van der Waals surface area contributed by atoms with Crippen LogP contribution in [-0.4, -0.2) is 53.8 Å². The van der Waals surface area contributed by atoms with Gasteiger partial charge in [-0.05, 0) is 31.9 Å². The van der Waals surface area contributed by atoms with Gasteiger partial charge in [-0.15, -0.1) is 0 Å². The molecule has 1 saturated heterocycles. The van der Waals surface area contributed by atoms with Crippen molar-refractivity contribution >= 4 is 11.6 Å². The molecule has 1 aliphatic carbocycles. The van der Waals surface area contributed by atoms with Gasteiger partial charge in [-0.25, -0.2) is 0 Å². The standard InChI is InChI=1S/C19H24N4O2/c1-2-25-17-6-4-3-5-16(17)22-9-11-23(12-10-22)19(24)15-13-20-21-18(15)14-7-8-14/h3-6,13-14H,2,7-12H2,1H3,(H,20,21). The van der Waals surface area contributed by atoms with Gasteiger partial charge in [0.05, 0.1) is 29.7 Å². The lowest BCUT2D eigenvalue weighted by Gasteiger charge is -2.36. The van der Waals surface area contributed by atoms with Crippen molar-refractivity contribution in [3.8, 4) is 5.75 Å². The number of rotatable bonds is 5. The van der Waals surface area contributed by atoms with Gasteiger partial charge in [0.2, 0.25) is 0 Å². The third-order valence-electron chi connectivity index (χ3n) is 4.96. The minimum atomic E-state index is 0.105. The summed E-state index contributed by atoms with van der Waals surface area (Å²) in [5, 5.41) is 7.11. The first-order valence-electron chi connectivity index (χ1n) is 9.07. The Morgan fingerprint density at radius 1 is 1.24 bits per heavy atom. The summed E-state index contributed by atoms with van der Waals surface area (Å²) in [6, 6.07) is 8.11. The maximum absolute atomic E-state index is 12.8. The molecule has 0 bridgehead atoms. The number of amides is 1. The van der Waals surface area contributed by atoms with Crippen molar-refractivity contribution in [2.75, 3.05) is 37.7 Å². The SMILES string of the molecule is CCOc1ccccc1N1CCN(C(=O)c2cn[nH]c2C2CC2)CC1. The van der Waals surface area contributed by atoms with E-state index in [1.54, 1.807) is 6.20 Å². The number of para-hydroxylation sites is 2. The van der Waals surface area contributed by atoms with Crippen molar-refractivity contribution in [1.82, 2.24) is 15.1 Å². The van der Waals surface area contributed by atoms with Gasteiger partial charge in [0.25, 0.3) is 5.91 Å². The van der Waals surface area contributed by atoms with E-state index in [2.05, 4.69) is 21.2 Å². The van der Waals surface area contributed by atoms with Gasteiger partial charge in [0.1, 0.15) is 5.75 Å². The number of piperazine rings is 1. The molecule has 4 rings (SSSR count). The second-order valence-electron chi connectivity index (χ2n) is 6.65. The minimum absolute atomic E-state index is 0.105. The number of H-pyrrole nitrogens is 1. The highest BCUT2D eigenvalue weighted by atomic mass is 16.5. The molecule has 0 radical (unpaired) electrons. The molecule has 2 heterocycles. The van der Waals surface area contributed by atoms with Gasteiger partial charge >= 0.3 is 0 Å². The van der Waals surface area contributed by atoms with Crippen molar-refractivity contribution in [2.45, 2.75) is 25.7 Å². The van der Waals surface area contributed by atoms with E-state index in [-0.39, 0.29) is 5.91 Å². The first-order valence-corrected chi connectivity index (χ1v) is 9.07. The fourth-order valence-electron chi connectivity index (χ4n) is 3.47. The molecule has 1 saturated carbocycles. The topological polar surface area (TPSA) is 61.5 Å². The molecular formula is C19H24N4O2. The van der Waals surface area contributed by atoms with Crippen molar-refractivity contribution in [3.63, 3.8) is 0 Å².